The fourth-order valence-electron chi connectivity index (χ4n) is 1.71. The van der Waals surface area contributed by atoms with Crippen molar-refractivity contribution >= 4 is 32.6 Å². The first kappa shape index (κ1) is 13.9. The number of carbonyl (C=O) groups is 1. The largest absolute Gasteiger partial charge is 0.505 e. The summed E-state index contributed by atoms with van der Waals surface area (Å²) in [5.41, 5.74) is 4.48. The Morgan fingerprint density at radius 2 is 1.80 bits per heavy atom. The minimum absolute atomic E-state index is 0.116. The maximum atomic E-state index is 11.4. The van der Waals surface area contributed by atoms with E-state index in [0.717, 1.165) is 6.07 Å². The van der Waals surface area contributed by atoms with Crippen LogP contribution in [0.1, 0.15) is 0 Å². The van der Waals surface area contributed by atoms with E-state index in [4.69, 9.17) is 5.73 Å². The Morgan fingerprint density at radius 3 is 2.35 bits per heavy atom. The Balaban J connectivity index is 2.86. The molecular formula is C11H9N3O5S. The highest BCUT2D eigenvalue weighted by Crippen LogP contribution is 2.38. The van der Waals surface area contributed by atoms with Gasteiger partial charge >= 0.3 is 6.03 Å². The van der Waals surface area contributed by atoms with Gasteiger partial charge in [0.25, 0.3) is 10.1 Å². The lowest BCUT2D eigenvalue weighted by Gasteiger charge is -2.07. The third kappa shape index (κ3) is 2.58. The van der Waals surface area contributed by atoms with Gasteiger partial charge in [-0.05, 0) is 6.07 Å². The number of hydrogen-bond donors (Lipinski definition) is 3. The summed E-state index contributed by atoms with van der Waals surface area (Å²) in [5.74, 6) is -0.377. The van der Waals surface area contributed by atoms with Crippen molar-refractivity contribution in [3.63, 3.8) is 0 Å². The standard InChI is InChI=1S/C11H9N3O5S/c12-11(16)14-13-8-5-9(20(17,18)19)6-3-1-2-4-7(6)10(8)15/h1-5,15H,(H2,12,16)(H,17,18,19). The van der Waals surface area contributed by atoms with Crippen LogP contribution in [0.3, 0.4) is 0 Å². The molecule has 8 nitrogen and oxygen atoms in total. The van der Waals surface area contributed by atoms with Crippen molar-refractivity contribution in [2.45, 2.75) is 4.90 Å². The van der Waals surface area contributed by atoms with Crippen molar-refractivity contribution in [1.29, 1.82) is 0 Å². The van der Waals surface area contributed by atoms with Gasteiger partial charge in [-0.1, -0.05) is 29.4 Å². The number of rotatable bonds is 2. The first-order valence-corrected chi connectivity index (χ1v) is 6.68. The zero-order valence-electron chi connectivity index (χ0n) is 9.89. The molecule has 2 rings (SSSR count). The molecule has 0 saturated carbocycles. The second-order valence-electron chi connectivity index (χ2n) is 3.80. The number of carbonyl (C=O) groups excluding carboxylic acids is 1. The average molecular weight is 295 g/mol. The second kappa shape index (κ2) is 4.87. The lowest BCUT2D eigenvalue weighted by Crippen LogP contribution is -2.02. The number of azo groups is 1. The molecule has 0 aromatic heterocycles. The summed E-state index contributed by atoms with van der Waals surface area (Å²) in [6, 6.07) is 5.74. The Hall–Kier alpha value is -2.52. The summed E-state index contributed by atoms with van der Waals surface area (Å²) >= 11 is 0. The number of primary amides is 1. The lowest BCUT2D eigenvalue weighted by molar-refractivity contribution is 0.255. The number of benzene rings is 2. The van der Waals surface area contributed by atoms with Gasteiger partial charge in [0, 0.05) is 10.8 Å². The van der Waals surface area contributed by atoms with Crippen LogP contribution in [-0.2, 0) is 10.1 Å². The zero-order chi connectivity index (χ0) is 14.9. The minimum atomic E-state index is -4.54. The molecule has 0 atom stereocenters. The number of urea groups is 1. The van der Waals surface area contributed by atoms with Crippen LogP contribution in [0.4, 0.5) is 10.5 Å². The van der Waals surface area contributed by atoms with Crippen molar-refractivity contribution in [2.24, 2.45) is 16.0 Å². The SMILES string of the molecule is NC(=O)N=Nc1cc(S(=O)(=O)O)c2ccccc2c1O. The normalized spacial score (nSPS) is 12.1. The molecule has 20 heavy (non-hydrogen) atoms. The van der Waals surface area contributed by atoms with E-state index in [1.165, 1.54) is 12.1 Å². The van der Waals surface area contributed by atoms with Gasteiger partial charge in [-0.25, -0.2) is 4.79 Å². The molecule has 0 radical (unpaired) electrons. The van der Waals surface area contributed by atoms with E-state index in [1.807, 2.05) is 0 Å². The average Bonchev–Trinajstić information content (AvgIpc) is 2.36. The van der Waals surface area contributed by atoms with Crippen molar-refractivity contribution in [3.8, 4) is 5.75 Å². The van der Waals surface area contributed by atoms with E-state index >= 15 is 0 Å². The molecule has 4 N–H and O–H groups in total. The number of fused-ring (bicyclic) bond motifs is 1. The first-order valence-electron chi connectivity index (χ1n) is 5.24. The minimum Gasteiger partial charge on any atom is -0.505 e. The number of aromatic hydroxyl groups is 1. The molecule has 9 heteroatoms. The number of phenols is 1. The van der Waals surface area contributed by atoms with E-state index in [1.54, 1.807) is 12.1 Å². The molecule has 0 unspecified atom stereocenters. The molecule has 2 aromatic carbocycles. The zero-order valence-corrected chi connectivity index (χ0v) is 10.7. The maximum Gasteiger partial charge on any atom is 0.356 e. The maximum absolute atomic E-state index is 11.4. The van der Waals surface area contributed by atoms with Crippen LogP contribution in [0.25, 0.3) is 10.8 Å². The quantitative estimate of drug-likeness (QED) is 0.573. The highest BCUT2D eigenvalue weighted by molar-refractivity contribution is 7.86. The van der Waals surface area contributed by atoms with Crippen molar-refractivity contribution in [3.05, 3.63) is 30.3 Å². The van der Waals surface area contributed by atoms with E-state index < -0.39 is 21.0 Å². The Bertz CT molecular complexity index is 829. The number of hydrogen-bond acceptors (Lipinski definition) is 5. The van der Waals surface area contributed by atoms with E-state index in [0.29, 0.717) is 0 Å². The van der Waals surface area contributed by atoms with Gasteiger partial charge < -0.3 is 10.8 Å². The van der Waals surface area contributed by atoms with E-state index in [9.17, 15) is 22.9 Å². The fourth-order valence-corrected chi connectivity index (χ4v) is 2.42. The summed E-state index contributed by atoms with van der Waals surface area (Å²) in [5, 5.41) is 16.6. The molecule has 0 heterocycles. The molecular weight excluding hydrogens is 286 g/mol. The highest BCUT2D eigenvalue weighted by Gasteiger charge is 2.19. The van der Waals surface area contributed by atoms with E-state index in [2.05, 4.69) is 10.2 Å². The predicted molar refractivity (Wildman–Crippen MR) is 69.5 cm³/mol. The Morgan fingerprint density at radius 1 is 1.20 bits per heavy atom. The molecule has 2 amide bonds. The van der Waals surface area contributed by atoms with Crippen LogP contribution in [0.5, 0.6) is 5.75 Å². The molecule has 0 fully saturated rings. The number of nitrogens with two attached hydrogens (primary N) is 1. The molecule has 0 aliphatic heterocycles. The molecule has 0 bridgehead atoms. The summed E-state index contributed by atoms with van der Waals surface area (Å²) in [7, 11) is -4.54. The van der Waals surface area contributed by atoms with Crippen molar-refractivity contribution < 1.29 is 22.9 Å². The van der Waals surface area contributed by atoms with E-state index in [-0.39, 0.29) is 22.2 Å². The van der Waals surface area contributed by atoms with Crippen molar-refractivity contribution in [2.75, 3.05) is 0 Å². The fraction of sp³-hybridized carbons (Fsp3) is 0. The predicted octanol–water partition coefficient (Wildman–Crippen LogP) is 1.95. The molecule has 0 spiro atoms. The van der Waals surface area contributed by atoms with Gasteiger partial charge in [-0.2, -0.15) is 8.42 Å². The smallest absolute Gasteiger partial charge is 0.356 e. The number of phenolic OH excluding ortho intramolecular Hbond substituents is 1. The topological polar surface area (TPSA) is 142 Å². The summed E-state index contributed by atoms with van der Waals surface area (Å²) in [6.07, 6.45) is 0. The third-order valence-corrected chi connectivity index (χ3v) is 3.39. The van der Waals surface area contributed by atoms with Crippen LogP contribution in [0.2, 0.25) is 0 Å². The van der Waals surface area contributed by atoms with Crippen LogP contribution < -0.4 is 5.73 Å². The van der Waals surface area contributed by atoms with Gasteiger partial charge in [0.05, 0.1) is 0 Å². The monoisotopic (exact) mass is 295 g/mol. The molecule has 104 valence electrons. The van der Waals surface area contributed by atoms with Gasteiger partial charge in [0.2, 0.25) is 0 Å². The molecule has 2 aromatic rings. The molecule has 0 aliphatic rings. The Labute approximate surface area is 113 Å². The van der Waals surface area contributed by atoms with Crippen LogP contribution in [0, 0.1) is 0 Å². The van der Waals surface area contributed by atoms with Gasteiger partial charge in [0.1, 0.15) is 10.6 Å². The Kier molecular flexibility index (Phi) is 3.38. The van der Waals surface area contributed by atoms with Crippen molar-refractivity contribution in [1.82, 2.24) is 0 Å². The number of nitrogens with zero attached hydrogens (tertiary/aromatic N) is 2. The van der Waals surface area contributed by atoms with Crippen LogP contribution in [-0.4, -0.2) is 24.1 Å². The third-order valence-electron chi connectivity index (χ3n) is 2.49. The molecule has 0 aliphatic carbocycles. The second-order valence-corrected chi connectivity index (χ2v) is 5.19. The lowest BCUT2D eigenvalue weighted by atomic mass is 10.1. The van der Waals surface area contributed by atoms with Gasteiger partial charge in [0.15, 0.2) is 5.75 Å². The summed E-state index contributed by atoms with van der Waals surface area (Å²) < 4.78 is 31.9. The number of amides is 2. The van der Waals surface area contributed by atoms with Gasteiger partial charge in [-0.3, -0.25) is 4.55 Å². The highest BCUT2D eigenvalue weighted by atomic mass is 32.2. The van der Waals surface area contributed by atoms with Crippen LogP contribution >= 0.6 is 0 Å². The summed E-state index contributed by atoms with van der Waals surface area (Å²) in [6.45, 7) is 0. The first-order chi connectivity index (χ1) is 9.30. The molecule has 0 saturated heterocycles. The van der Waals surface area contributed by atoms with Gasteiger partial charge in [-0.15, -0.1) is 5.11 Å². The summed E-state index contributed by atoms with van der Waals surface area (Å²) in [4.78, 5) is 10.1. The van der Waals surface area contributed by atoms with Crippen LogP contribution in [0.15, 0.2) is 45.5 Å².